The van der Waals surface area contributed by atoms with Gasteiger partial charge in [-0.05, 0) is 38.5 Å². The largest absolute Gasteiger partial charge is 0.465 e. The highest BCUT2D eigenvalue weighted by Gasteiger charge is 2.28. The maximum atomic E-state index is 13.2. The van der Waals surface area contributed by atoms with E-state index in [1.165, 1.54) is 16.1 Å². The van der Waals surface area contributed by atoms with Gasteiger partial charge in [-0.25, -0.2) is 13.4 Å². The van der Waals surface area contributed by atoms with Crippen LogP contribution in [0.25, 0.3) is 11.0 Å². The number of aryl methyl sites for hydroxylation is 1. The van der Waals surface area contributed by atoms with Gasteiger partial charge in [0, 0.05) is 39.3 Å². The number of fused-ring (bicyclic) bond motifs is 1. The molecule has 1 aromatic heterocycles. The van der Waals surface area contributed by atoms with Crippen molar-refractivity contribution in [2.24, 2.45) is 0 Å². The molecule has 10 nitrogen and oxygen atoms in total. The molecule has 2 aromatic rings. The lowest BCUT2D eigenvalue weighted by Crippen LogP contribution is -2.40. The molecule has 194 valence electrons. The SMILES string of the molecule is CCOC(=O)[C@@H](C)Sc1nc2cc(S(=O)(=O)N3CCOCC3)ccc2n1CCCN1CCOCC1. The van der Waals surface area contributed by atoms with Crippen molar-refractivity contribution in [3.63, 3.8) is 0 Å². The first kappa shape index (κ1) is 26.4. The molecule has 35 heavy (non-hydrogen) atoms. The molecule has 0 bridgehead atoms. The number of hydrogen-bond acceptors (Lipinski definition) is 9. The number of rotatable bonds is 10. The van der Waals surface area contributed by atoms with E-state index >= 15 is 0 Å². The van der Waals surface area contributed by atoms with Crippen LogP contribution in [-0.2, 0) is 35.6 Å². The third-order valence-corrected chi connectivity index (χ3v) is 9.12. The number of carbonyl (C=O) groups is 1. The predicted octanol–water partition coefficient (Wildman–Crippen LogP) is 1.82. The minimum absolute atomic E-state index is 0.222. The number of thioether (sulfide) groups is 1. The molecule has 0 aliphatic carbocycles. The Labute approximate surface area is 210 Å². The van der Waals surface area contributed by atoms with Crippen LogP contribution in [0.1, 0.15) is 20.3 Å². The van der Waals surface area contributed by atoms with Crippen LogP contribution in [0.2, 0.25) is 0 Å². The molecular weight excluding hydrogens is 492 g/mol. The van der Waals surface area contributed by atoms with Crippen LogP contribution in [0.15, 0.2) is 28.3 Å². The van der Waals surface area contributed by atoms with E-state index in [9.17, 15) is 13.2 Å². The van der Waals surface area contributed by atoms with Crippen LogP contribution in [0, 0.1) is 0 Å². The van der Waals surface area contributed by atoms with Crippen molar-refractivity contribution in [2.75, 3.05) is 65.8 Å². The fourth-order valence-electron chi connectivity index (χ4n) is 4.23. The number of imidazole rings is 1. The second-order valence-electron chi connectivity index (χ2n) is 8.53. The molecule has 2 aliphatic heterocycles. The van der Waals surface area contributed by atoms with E-state index in [1.807, 2.05) is 6.07 Å². The molecule has 0 unspecified atom stereocenters. The molecule has 2 saturated heterocycles. The minimum Gasteiger partial charge on any atom is -0.465 e. The maximum absolute atomic E-state index is 13.2. The number of nitrogens with zero attached hydrogens (tertiary/aromatic N) is 4. The molecule has 12 heteroatoms. The van der Waals surface area contributed by atoms with Gasteiger partial charge in [-0.3, -0.25) is 9.69 Å². The Morgan fingerprint density at radius 2 is 1.80 bits per heavy atom. The summed E-state index contributed by atoms with van der Waals surface area (Å²) in [7, 11) is -3.63. The van der Waals surface area contributed by atoms with Crippen molar-refractivity contribution < 1.29 is 27.4 Å². The van der Waals surface area contributed by atoms with E-state index in [0.717, 1.165) is 44.8 Å². The summed E-state index contributed by atoms with van der Waals surface area (Å²) < 4.78 is 45.8. The Hall–Kier alpha value is -1.70. The van der Waals surface area contributed by atoms with Gasteiger partial charge in [-0.2, -0.15) is 4.31 Å². The van der Waals surface area contributed by atoms with Crippen molar-refractivity contribution in [1.82, 2.24) is 18.8 Å². The van der Waals surface area contributed by atoms with Crippen molar-refractivity contribution in [3.05, 3.63) is 18.2 Å². The van der Waals surface area contributed by atoms with Crippen LogP contribution < -0.4 is 0 Å². The van der Waals surface area contributed by atoms with Gasteiger partial charge in [-0.15, -0.1) is 0 Å². The number of benzene rings is 1. The van der Waals surface area contributed by atoms with E-state index in [4.69, 9.17) is 19.2 Å². The number of ether oxygens (including phenoxy) is 3. The third kappa shape index (κ3) is 6.36. The summed E-state index contributed by atoms with van der Waals surface area (Å²) in [6, 6.07) is 5.11. The average molecular weight is 527 g/mol. The molecule has 4 rings (SSSR count). The molecule has 0 radical (unpaired) electrons. The first-order valence-corrected chi connectivity index (χ1v) is 14.4. The summed E-state index contributed by atoms with van der Waals surface area (Å²) in [4.78, 5) is 19.6. The molecule has 0 amide bonds. The van der Waals surface area contributed by atoms with Gasteiger partial charge in [0.05, 0.1) is 49.0 Å². The Kier molecular flexibility index (Phi) is 9.06. The lowest BCUT2D eigenvalue weighted by atomic mass is 10.3. The minimum atomic E-state index is -3.63. The van der Waals surface area contributed by atoms with Crippen LogP contribution in [0.3, 0.4) is 0 Å². The Morgan fingerprint density at radius 1 is 1.11 bits per heavy atom. The Balaban J connectivity index is 1.59. The molecule has 1 aromatic carbocycles. The van der Waals surface area contributed by atoms with Crippen LogP contribution in [-0.4, -0.2) is 104 Å². The van der Waals surface area contributed by atoms with Crippen molar-refractivity contribution in [1.29, 1.82) is 0 Å². The fourth-order valence-corrected chi connectivity index (χ4v) is 6.61. The maximum Gasteiger partial charge on any atom is 0.319 e. The van der Waals surface area contributed by atoms with Crippen LogP contribution >= 0.6 is 11.8 Å². The van der Waals surface area contributed by atoms with Gasteiger partial charge in [0.25, 0.3) is 0 Å². The number of carbonyl (C=O) groups excluding carboxylic acids is 1. The molecule has 0 spiro atoms. The van der Waals surface area contributed by atoms with Gasteiger partial charge in [0.1, 0.15) is 5.25 Å². The zero-order chi connectivity index (χ0) is 24.8. The second-order valence-corrected chi connectivity index (χ2v) is 11.8. The highest BCUT2D eigenvalue weighted by molar-refractivity contribution is 8.00. The van der Waals surface area contributed by atoms with Crippen molar-refractivity contribution in [3.8, 4) is 0 Å². The van der Waals surface area contributed by atoms with E-state index in [0.29, 0.717) is 50.1 Å². The fraction of sp³-hybridized carbons (Fsp3) is 0.652. The molecule has 1 atom stereocenters. The summed E-state index contributed by atoms with van der Waals surface area (Å²) >= 11 is 1.34. The number of sulfonamides is 1. The molecule has 3 heterocycles. The number of esters is 1. The van der Waals surface area contributed by atoms with Gasteiger partial charge in [-0.1, -0.05) is 11.8 Å². The number of hydrogen-bond donors (Lipinski definition) is 0. The summed E-state index contributed by atoms with van der Waals surface area (Å²) in [6.45, 7) is 10.4. The molecule has 2 aliphatic rings. The Bertz CT molecular complexity index is 1110. The van der Waals surface area contributed by atoms with E-state index in [-0.39, 0.29) is 10.9 Å². The molecular formula is C23H34N4O6S2. The summed E-state index contributed by atoms with van der Waals surface area (Å²) in [5, 5.41) is 0.254. The summed E-state index contributed by atoms with van der Waals surface area (Å²) in [5.74, 6) is -0.292. The lowest BCUT2D eigenvalue weighted by Gasteiger charge is -2.26. The van der Waals surface area contributed by atoms with Crippen LogP contribution in [0.4, 0.5) is 0 Å². The second kappa shape index (κ2) is 12.0. The predicted molar refractivity (Wildman–Crippen MR) is 133 cm³/mol. The zero-order valence-corrected chi connectivity index (χ0v) is 22.0. The zero-order valence-electron chi connectivity index (χ0n) is 20.3. The number of aromatic nitrogens is 2. The van der Waals surface area contributed by atoms with E-state index in [1.54, 1.807) is 26.0 Å². The third-order valence-electron chi connectivity index (χ3n) is 6.15. The summed E-state index contributed by atoms with van der Waals surface area (Å²) in [5.41, 5.74) is 1.45. The van der Waals surface area contributed by atoms with E-state index < -0.39 is 15.3 Å². The molecule has 0 saturated carbocycles. The van der Waals surface area contributed by atoms with Gasteiger partial charge in [0.15, 0.2) is 5.16 Å². The first-order valence-electron chi connectivity index (χ1n) is 12.1. The topological polar surface area (TPSA) is 103 Å². The average Bonchev–Trinajstić information content (AvgIpc) is 3.21. The highest BCUT2D eigenvalue weighted by Crippen LogP contribution is 2.30. The van der Waals surface area contributed by atoms with E-state index in [2.05, 4.69) is 9.47 Å². The lowest BCUT2D eigenvalue weighted by molar-refractivity contribution is -0.142. The monoisotopic (exact) mass is 526 g/mol. The highest BCUT2D eigenvalue weighted by atomic mass is 32.2. The standard InChI is InChI=1S/C23H34N4O6S2/c1-3-33-22(28)18(2)34-23-24-20-17-19(35(29,30)26-11-15-32-16-12-26)5-6-21(20)27(23)8-4-7-25-9-13-31-14-10-25/h5-6,17-18H,3-4,7-16H2,1-2H3/t18-/m1/s1. The van der Waals surface area contributed by atoms with Gasteiger partial charge < -0.3 is 18.8 Å². The molecule has 0 N–H and O–H groups in total. The van der Waals surface area contributed by atoms with Crippen molar-refractivity contribution >= 4 is 38.8 Å². The van der Waals surface area contributed by atoms with Crippen LogP contribution in [0.5, 0.6) is 0 Å². The quantitative estimate of drug-likeness (QED) is 0.339. The number of morpholine rings is 2. The molecule has 2 fully saturated rings. The Morgan fingerprint density at radius 3 is 2.49 bits per heavy atom. The first-order chi connectivity index (χ1) is 16.9. The normalized spacial score (nSPS) is 19.1. The van der Waals surface area contributed by atoms with Gasteiger partial charge in [0.2, 0.25) is 10.0 Å². The summed E-state index contributed by atoms with van der Waals surface area (Å²) in [6.07, 6.45) is 0.903. The van der Waals surface area contributed by atoms with Crippen molar-refractivity contribution in [2.45, 2.75) is 42.1 Å². The van der Waals surface area contributed by atoms with Gasteiger partial charge >= 0.3 is 5.97 Å². The smallest absolute Gasteiger partial charge is 0.319 e.